The van der Waals surface area contributed by atoms with Crippen LogP contribution in [0.5, 0.6) is 5.75 Å². The molecular weight excluding hydrogens is 1590 g/mol. The molecule has 13 atom stereocenters. The summed E-state index contributed by atoms with van der Waals surface area (Å²) in [5.74, 6) is -21.8. The number of carbonyl (C=O) groups excluding carboxylic acids is 17. The lowest BCUT2D eigenvalue weighted by Gasteiger charge is -2.29. The van der Waals surface area contributed by atoms with E-state index in [1.807, 2.05) is 5.32 Å². The summed E-state index contributed by atoms with van der Waals surface area (Å²) in [4.78, 5) is 253. The zero-order valence-corrected chi connectivity index (χ0v) is 68.3. The quantitative estimate of drug-likeness (QED) is 0.0121. The van der Waals surface area contributed by atoms with Gasteiger partial charge in [-0.05, 0) is 103 Å². The second kappa shape index (κ2) is 47.1. The SMILES string of the molecule is COc1ccc(C[C@@H]2NC(=O)[C@H](CCCNC(=N)N)NC(=O)[C@H](CCC(N)=O)NC(=O)[C@H](Cc3cn(C)c4ccccc34)NC(=O)C([C@@H](C)O)NC(=O)[C@H](CC(N)=O)NC(=O)C(NC(C)=O)CCCCNC(=O)C[C@H](C(=O)N[C@@H](CC(N)=O)C(=O)N[C@@H](CC(N)=O)C(=O)O)NC(=O)[C@H](CC(C)C)NC(=O)[C@H](Cc3cccc4ccccc34)NC2=O)cc1. The number of amides is 17. The summed E-state index contributed by atoms with van der Waals surface area (Å²) in [6, 6.07) is 3.18. The van der Waals surface area contributed by atoms with Crippen LogP contribution in [-0.4, -0.2) is 226 Å². The smallest absolute Gasteiger partial charge is 0.326 e. The van der Waals surface area contributed by atoms with Gasteiger partial charge in [0.15, 0.2) is 5.96 Å². The van der Waals surface area contributed by atoms with Gasteiger partial charge in [-0.25, -0.2) is 4.79 Å². The molecule has 1 saturated heterocycles. The Hall–Kier alpha value is -13.8. The van der Waals surface area contributed by atoms with Crippen LogP contribution >= 0.6 is 0 Å². The van der Waals surface area contributed by atoms with Crippen molar-refractivity contribution in [2.24, 2.45) is 41.6 Å². The topological polar surface area (TPSA) is 684 Å². The number of carboxylic acid groups (broad SMARTS) is 1. The summed E-state index contributed by atoms with van der Waals surface area (Å²) in [6.07, 6.45) is -7.45. The number of aromatic nitrogens is 1. The highest BCUT2D eigenvalue weighted by Gasteiger charge is 2.40. The van der Waals surface area contributed by atoms with E-state index in [1.165, 1.54) is 7.11 Å². The molecular formula is C80H109N21O21. The third kappa shape index (κ3) is 31.1. The number of guanidine groups is 1. The molecule has 42 heteroatoms. The van der Waals surface area contributed by atoms with E-state index in [-0.39, 0.29) is 64.5 Å². The first-order valence-electron chi connectivity index (χ1n) is 39.3. The molecule has 2 unspecified atom stereocenters. The molecule has 0 spiro atoms. The van der Waals surface area contributed by atoms with Gasteiger partial charge >= 0.3 is 5.97 Å². The highest BCUT2D eigenvalue weighted by atomic mass is 16.5. The average Bonchev–Trinajstić information content (AvgIpc) is 1.75. The summed E-state index contributed by atoms with van der Waals surface area (Å²) in [5.41, 5.74) is 29.5. The predicted octanol–water partition coefficient (Wildman–Crippen LogP) is -5.44. The van der Waals surface area contributed by atoms with Gasteiger partial charge in [0.1, 0.15) is 78.3 Å². The van der Waals surface area contributed by atoms with Crippen LogP contribution in [0.1, 0.15) is 121 Å². The fraction of sp³-hybridized carbons (Fsp3) is 0.463. The minimum Gasteiger partial charge on any atom is -0.497 e. The number of fused-ring (bicyclic) bond motifs is 2. The molecule has 5 aromatic rings. The molecule has 0 saturated carbocycles. The number of methoxy groups -OCH3 is 1. The first-order valence-corrected chi connectivity index (χ1v) is 39.3. The number of nitrogens with one attached hydrogen (secondary N) is 15. The highest BCUT2D eigenvalue weighted by Crippen LogP contribution is 2.24. The van der Waals surface area contributed by atoms with Crippen LogP contribution in [0.25, 0.3) is 21.7 Å². The number of para-hydroxylation sites is 1. The van der Waals surface area contributed by atoms with E-state index in [0.717, 1.165) is 13.8 Å². The molecule has 4 aromatic carbocycles. The van der Waals surface area contributed by atoms with Gasteiger partial charge in [-0.1, -0.05) is 86.6 Å². The van der Waals surface area contributed by atoms with Crippen LogP contribution in [0, 0.1) is 11.3 Å². The summed E-state index contributed by atoms with van der Waals surface area (Å²) >= 11 is 0. The van der Waals surface area contributed by atoms with Crippen LogP contribution in [-0.2, 0) is 113 Å². The van der Waals surface area contributed by atoms with Crippen molar-refractivity contribution in [2.45, 2.75) is 203 Å². The number of hydrogen-bond acceptors (Lipinski definition) is 21. The van der Waals surface area contributed by atoms with Crippen LogP contribution in [0.3, 0.4) is 0 Å². The molecule has 1 aromatic heterocycles. The van der Waals surface area contributed by atoms with Gasteiger partial charge in [-0.15, -0.1) is 0 Å². The van der Waals surface area contributed by atoms with Crippen molar-refractivity contribution in [3.8, 4) is 5.75 Å². The first kappa shape index (κ1) is 97.0. The summed E-state index contributed by atoms with van der Waals surface area (Å²) in [5, 5.41) is 65.5. The number of rotatable bonds is 29. The Kier molecular flexibility index (Phi) is 37.4. The number of hydrogen-bond donors (Lipinski definition) is 22. The largest absolute Gasteiger partial charge is 0.497 e. The van der Waals surface area contributed by atoms with E-state index in [1.54, 1.807) is 123 Å². The number of nitrogens with two attached hydrogens (primary N) is 5. The van der Waals surface area contributed by atoms with Gasteiger partial charge in [-0.2, -0.15) is 0 Å². The Morgan fingerprint density at radius 1 is 0.566 bits per heavy atom. The number of benzene rings is 4. The maximum absolute atomic E-state index is 15.6. The second-order valence-corrected chi connectivity index (χ2v) is 30.0. The molecule has 0 radical (unpaired) electrons. The minimum atomic E-state index is -2.08. The molecule has 27 N–H and O–H groups in total. The summed E-state index contributed by atoms with van der Waals surface area (Å²) in [6.45, 7) is 5.05. The fourth-order valence-corrected chi connectivity index (χ4v) is 13.5. The molecule has 6 rings (SSSR count). The van der Waals surface area contributed by atoms with Crippen molar-refractivity contribution in [1.29, 1.82) is 5.41 Å². The molecule has 0 aliphatic carbocycles. The molecule has 17 amide bonds. The van der Waals surface area contributed by atoms with E-state index < -0.39 is 242 Å². The van der Waals surface area contributed by atoms with E-state index in [4.69, 9.17) is 38.8 Å². The Balaban J connectivity index is 1.53. The lowest BCUT2D eigenvalue weighted by atomic mass is 9.96. The van der Waals surface area contributed by atoms with Crippen molar-refractivity contribution < 1.29 is 101 Å². The Morgan fingerprint density at radius 2 is 1.10 bits per heavy atom. The number of primary amides is 4. The van der Waals surface area contributed by atoms with Gasteiger partial charge in [0.05, 0.1) is 38.9 Å². The van der Waals surface area contributed by atoms with Gasteiger partial charge in [0, 0.05) is 69.8 Å². The van der Waals surface area contributed by atoms with Crippen molar-refractivity contribution in [1.82, 2.24) is 79.0 Å². The fourth-order valence-electron chi connectivity index (χ4n) is 13.5. The van der Waals surface area contributed by atoms with E-state index in [9.17, 15) is 67.7 Å². The summed E-state index contributed by atoms with van der Waals surface area (Å²) < 4.78 is 7.11. The number of aryl methyl sites for hydroxylation is 1. The molecule has 0 bridgehead atoms. The van der Waals surface area contributed by atoms with Crippen molar-refractivity contribution in [2.75, 3.05) is 20.2 Å². The van der Waals surface area contributed by atoms with E-state index in [2.05, 4.69) is 69.1 Å². The number of aliphatic hydroxyl groups excluding tert-OH is 1. The predicted molar refractivity (Wildman–Crippen MR) is 439 cm³/mol. The average molecular weight is 1700 g/mol. The number of aliphatic carboxylic acids is 1. The normalized spacial score (nSPS) is 21.4. The van der Waals surface area contributed by atoms with E-state index >= 15 is 28.8 Å². The third-order valence-electron chi connectivity index (χ3n) is 19.6. The molecule has 2 heterocycles. The van der Waals surface area contributed by atoms with Crippen molar-refractivity contribution in [3.05, 3.63) is 114 Å². The van der Waals surface area contributed by atoms with Crippen molar-refractivity contribution >= 4 is 134 Å². The maximum Gasteiger partial charge on any atom is 0.326 e. The first-order chi connectivity index (χ1) is 57.7. The van der Waals surface area contributed by atoms with E-state index in [0.29, 0.717) is 44.1 Å². The number of nitrogens with zero attached hydrogens (tertiary/aromatic N) is 1. The van der Waals surface area contributed by atoms with Gasteiger partial charge in [-0.3, -0.25) is 86.9 Å². The lowest BCUT2D eigenvalue weighted by Crippen LogP contribution is -2.62. The Bertz CT molecular complexity index is 4670. The van der Waals surface area contributed by atoms with Gasteiger partial charge < -0.3 is 123 Å². The molecule has 660 valence electrons. The van der Waals surface area contributed by atoms with Gasteiger partial charge in [0.2, 0.25) is 100 Å². The number of carbonyl (C=O) groups is 18. The number of aliphatic hydroxyl groups is 1. The Labute approximate surface area is 700 Å². The molecule has 1 aliphatic rings. The Morgan fingerprint density at radius 3 is 1.68 bits per heavy atom. The molecule has 1 fully saturated rings. The monoisotopic (exact) mass is 1700 g/mol. The summed E-state index contributed by atoms with van der Waals surface area (Å²) in [7, 11) is 3.10. The van der Waals surface area contributed by atoms with Crippen LogP contribution in [0.4, 0.5) is 0 Å². The van der Waals surface area contributed by atoms with Crippen LogP contribution in [0.2, 0.25) is 0 Å². The highest BCUT2D eigenvalue weighted by molar-refractivity contribution is 6.03. The standard InChI is InChI=1S/C80H109N21O21/c1-40(2)31-53-71(112)97-59(76(117)96-57(35-63(82)105)75(116)99-60(79(120)121)37-65(84)107)38-66(108)87-29-12-11-20-50(89-42(4)103)68(109)95-58(36-64(83)106)77(118)100-67(41(3)102)78(119)98-56(34-46-39-101(5)61-22-10-9-19-49(46)61)73(114)91-52(27-28-62(81)104)70(111)90-51(21-14-30-88-80(85)86)69(110)93-54(32-43-23-25-47(122-6)26-24-43)72(113)94-55(74(115)92-53)33-45-17-13-16-44-15-7-8-18-48(44)45/h7-10,13,15-19,22-26,39-41,50-60,67,102H,11-12,14,20-21,27-38H2,1-6H3,(H2,81,104)(H2,82,105)(H2,83,106)(H2,84,107)(H,87,108)(H,89,103)(H,90,111)(H,91,114)(H,92,115)(H,93,110)(H,94,113)(H,95,109)(H,96,117)(H,97,112)(H,98,119)(H,99,116)(H,100,118)(H,120,121)(H4,85,86,88)/t41-,50?,51+,52+,53+,54+,55+,56+,57+,58+,59-,60+,67?/m1/s1. The number of ether oxygens (including phenoxy) is 1. The zero-order valence-electron chi connectivity index (χ0n) is 68.3. The number of carboxylic acids is 1. The lowest BCUT2D eigenvalue weighted by molar-refractivity contribution is -0.144. The molecule has 1 aliphatic heterocycles. The second-order valence-electron chi connectivity index (χ2n) is 30.0. The minimum absolute atomic E-state index is 0.0401. The maximum atomic E-state index is 15.6. The third-order valence-corrected chi connectivity index (χ3v) is 19.6. The van der Waals surface area contributed by atoms with Crippen LogP contribution < -0.4 is 108 Å². The zero-order chi connectivity index (χ0) is 90.2. The van der Waals surface area contributed by atoms with Crippen molar-refractivity contribution in [3.63, 3.8) is 0 Å². The van der Waals surface area contributed by atoms with Crippen LogP contribution in [0.15, 0.2) is 97.2 Å². The molecule has 122 heavy (non-hydrogen) atoms. The van der Waals surface area contributed by atoms with Gasteiger partial charge in [0.25, 0.3) is 0 Å². The molecule has 42 nitrogen and oxygen atoms in total.